The van der Waals surface area contributed by atoms with Crippen LogP contribution in [0.1, 0.15) is 22.5 Å². The van der Waals surface area contributed by atoms with Crippen molar-refractivity contribution >= 4 is 34.0 Å². The van der Waals surface area contributed by atoms with Gasteiger partial charge in [-0.05, 0) is 43.7 Å². The second kappa shape index (κ2) is 7.39. The molecule has 1 N–H and O–H groups in total. The third-order valence-corrected chi connectivity index (χ3v) is 5.02. The van der Waals surface area contributed by atoms with Crippen molar-refractivity contribution in [2.45, 2.75) is 20.4 Å². The Labute approximate surface area is 167 Å². The number of aromatic nitrogens is 2. The van der Waals surface area contributed by atoms with E-state index in [1.165, 1.54) is 6.08 Å². The largest absolute Gasteiger partial charge is 0.459 e. The summed E-state index contributed by atoms with van der Waals surface area (Å²) < 4.78 is 5.89. The van der Waals surface area contributed by atoms with Crippen LogP contribution in [0.25, 0.3) is 28.1 Å². The second-order valence-electron chi connectivity index (χ2n) is 7.16. The van der Waals surface area contributed by atoms with Gasteiger partial charge >= 0.3 is 0 Å². The van der Waals surface area contributed by atoms with Gasteiger partial charge in [0.1, 0.15) is 17.0 Å². The van der Waals surface area contributed by atoms with Crippen LogP contribution in [-0.4, -0.2) is 27.8 Å². The smallest absolute Gasteiger partial charge is 0.252 e. The number of nitrogens with one attached hydrogen (secondary N) is 1. The van der Waals surface area contributed by atoms with Crippen LogP contribution < -0.4 is 5.56 Å². The maximum atomic E-state index is 12.5. The van der Waals surface area contributed by atoms with Crippen molar-refractivity contribution in [2.75, 3.05) is 7.05 Å². The van der Waals surface area contributed by atoms with E-state index >= 15 is 0 Å². The molecular formula is C23H21N3O3. The summed E-state index contributed by atoms with van der Waals surface area (Å²) in [5, 5.41) is 1.89. The number of hydrogen-bond donors (Lipinski definition) is 1. The number of aryl methyl sites for hydroxylation is 2. The summed E-state index contributed by atoms with van der Waals surface area (Å²) in [6.07, 6.45) is 4.86. The molecule has 1 aromatic carbocycles. The van der Waals surface area contributed by atoms with E-state index in [4.69, 9.17) is 4.42 Å². The maximum Gasteiger partial charge on any atom is 0.252 e. The number of benzene rings is 1. The first kappa shape index (κ1) is 18.7. The van der Waals surface area contributed by atoms with Crippen molar-refractivity contribution in [1.82, 2.24) is 14.9 Å². The quantitative estimate of drug-likeness (QED) is 0.538. The highest BCUT2D eigenvalue weighted by Gasteiger charge is 2.14. The third kappa shape index (κ3) is 3.69. The highest BCUT2D eigenvalue weighted by molar-refractivity contribution is 5.92. The SMILES string of the molecule is Cc1cc2cc(/C=C/C(=O)N(C)Cc3oc4ccccc4c3C)cnc2[nH]c1=O. The number of pyridine rings is 2. The van der Waals surface area contributed by atoms with Crippen molar-refractivity contribution in [1.29, 1.82) is 0 Å². The van der Waals surface area contributed by atoms with Gasteiger partial charge in [0.2, 0.25) is 5.91 Å². The number of likely N-dealkylation sites (N-methyl/N-ethyl adjacent to an activating group) is 1. The van der Waals surface area contributed by atoms with Crippen molar-refractivity contribution in [3.05, 3.63) is 81.5 Å². The van der Waals surface area contributed by atoms with Gasteiger partial charge in [-0.1, -0.05) is 18.2 Å². The summed E-state index contributed by atoms with van der Waals surface area (Å²) in [4.78, 5) is 32.8. The van der Waals surface area contributed by atoms with Crippen molar-refractivity contribution < 1.29 is 9.21 Å². The van der Waals surface area contributed by atoms with Crippen molar-refractivity contribution in [3.8, 4) is 0 Å². The van der Waals surface area contributed by atoms with Gasteiger partial charge in [0, 0.05) is 41.2 Å². The van der Waals surface area contributed by atoms with Gasteiger partial charge in [-0.25, -0.2) is 4.98 Å². The van der Waals surface area contributed by atoms with Crippen LogP contribution in [0.5, 0.6) is 0 Å². The minimum Gasteiger partial charge on any atom is -0.459 e. The summed E-state index contributed by atoms with van der Waals surface area (Å²) >= 11 is 0. The van der Waals surface area contributed by atoms with E-state index in [0.717, 1.165) is 33.2 Å². The monoisotopic (exact) mass is 387 g/mol. The van der Waals surface area contributed by atoms with Crippen molar-refractivity contribution in [2.24, 2.45) is 0 Å². The molecular weight excluding hydrogens is 366 g/mol. The van der Waals surface area contributed by atoms with Crippen LogP contribution >= 0.6 is 0 Å². The Balaban J connectivity index is 1.51. The molecule has 4 rings (SSSR count). The first-order chi connectivity index (χ1) is 13.9. The van der Waals surface area contributed by atoms with Crippen LogP contribution in [-0.2, 0) is 11.3 Å². The molecule has 1 amide bonds. The topological polar surface area (TPSA) is 79.2 Å². The molecule has 0 aliphatic heterocycles. The van der Waals surface area contributed by atoms with Crippen LogP contribution in [0.15, 0.2) is 57.9 Å². The highest BCUT2D eigenvalue weighted by atomic mass is 16.3. The molecule has 0 spiro atoms. The molecule has 146 valence electrons. The number of aromatic amines is 1. The molecule has 3 aromatic heterocycles. The van der Waals surface area contributed by atoms with E-state index < -0.39 is 0 Å². The van der Waals surface area contributed by atoms with Crippen LogP contribution in [0, 0.1) is 13.8 Å². The Morgan fingerprint density at radius 1 is 1.24 bits per heavy atom. The molecule has 4 aromatic rings. The lowest BCUT2D eigenvalue weighted by Crippen LogP contribution is -2.24. The molecule has 0 saturated carbocycles. The van der Waals surface area contributed by atoms with Gasteiger partial charge in [-0.15, -0.1) is 0 Å². The number of H-pyrrole nitrogens is 1. The summed E-state index contributed by atoms with van der Waals surface area (Å²) in [6.45, 7) is 4.14. The normalized spacial score (nSPS) is 11.6. The molecule has 0 fully saturated rings. The fourth-order valence-electron chi connectivity index (χ4n) is 3.27. The van der Waals surface area contributed by atoms with Gasteiger partial charge in [0.05, 0.1) is 6.54 Å². The molecule has 0 atom stereocenters. The molecule has 0 radical (unpaired) electrons. The molecule has 3 heterocycles. The zero-order valence-corrected chi connectivity index (χ0v) is 16.5. The second-order valence-corrected chi connectivity index (χ2v) is 7.16. The third-order valence-electron chi connectivity index (χ3n) is 5.02. The van der Waals surface area contributed by atoms with Crippen LogP contribution in [0.2, 0.25) is 0 Å². The maximum absolute atomic E-state index is 12.5. The van der Waals surface area contributed by atoms with E-state index in [1.807, 2.05) is 37.3 Å². The zero-order chi connectivity index (χ0) is 20.5. The van der Waals surface area contributed by atoms with E-state index in [1.54, 1.807) is 37.2 Å². The van der Waals surface area contributed by atoms with Gasteiger partial charge < -0.3 is 14.3 Å². The highest BCUT2D eigenvalue weighted by Crippen LogP contribution is 2.25. The number of carbonyl (C=O) groups excluding carboxylic acids is 1. The predicted octanol–water partition coefficient (Wildman–Crippen LogP) is 3.96. The van der Waals surface area contributed by atoms with E-state index in [0.29, 0.717) is 17.8 Å². The molecule has 0 saturated heterocycles. The molecule has 0 bridgehead atoms. The van der Waals surface area contributed by atoms with E-state index in [2.05, 4.69) is 9.97 Å². The Kier molecular flexibility index (Phi) is 4.76. The Hall–Kier alpha value is -3.67. The van der Waals surface area contributed by atoms with Gasteiger partial charge in [0.15, 0.2) is 0 Å². The van der Waals surface area contributed by atoms with E-state index in [-0.39, 0.29) is 11.5 Å². The summed E-state index contributed by atoms with van der Waals surface area (Å²) in [5.41, 5.74) is 3.66. The number of rotatable bonds is 4. The standard InChI is InChI=1S/C23H21N3O3/c1-14-10-17-11-16(12-24-22(17)25-23(14)28)8-9-21(27)26(3)13-20-15(2)18-6-4-5-7-19(18)29-20/h4-12H,13H2,1-3H3,(H,24,25,28)/b9-8+. The molecule has 0 aliphatic rings. The fourth-order valence-corrected chi connectivity index (χ4v) is 3.27. The summed E-state index contributed by atoms with van der Waals surface area (Å²) in [6, 6.07) is 11.5. The van der Waals surface area contributed by atoms with Gasteiger partial charge in [-0.3, -0.25) is 9.59 Å². The van der Waals surface area contributed by atoms with Gasteiger partial charge in [-0.2, -0.15) is 0 Å². The Morgan fingerprint density at radius 2 is 2.03 bits per heavy atom. The van der Waals surface area contributed by atoms with E-state index in [9.17, 15) is 9.59 Å². The molecule has 0 unspecified atom stereocenters. The van der Waals surface area contributed by atoms with Gasteiger partial charge in [0.25, 0.3) is 5.56 Å². The number of fused-ring (bicyclic) bond motifs is 2. The number of nitrogens with zero attached hydrogens (tertiary/aromatic N) is 2. The van der Waals surface area contributed by atoms with Crippen LogP contribution in [0.3, 0.4) is 0 Å². The number of hydrogen-bond acceptors (Lipinski definition) is 4. The summed E-state index contributed by atoms with van der Waals surface area (Å²) in [5.74, 6) is 0.643. The molecule has 0 aliphatic carbocycles. The number of para-hydroxylation sites is 1. The predicted molar refractivity (Wildman–Crippen MR) is 114 cm³/mol. The first-order valence-corrected chi connectivity index (χ1v) is 9.32. The lowest BCUT2D eigenvalue weighted by Gasteiger charge is -2.13. The number of furan rings is 1. The summed E-state index contributed by atoms with van der Waals surface area (Å²) in [7, 11) is 1.74. The number of amides is 1. The molecule has 6 nitrogen and oxygen atoms in total. The minimum absolute atomic E-state index is 0.136. The average molecular weight is 387 g/mol. The lowest BCUT2D eigenvalue weighted by atomic mass is 10.1. The number of carbonyl (C=O) groups is 1. The minimum atomic E-state index is -0.147. The average Bonchev–Trinajstić information content (AvgIpc) is 3.02. The first-order valence-electron chi connectivity index (χ1n) is 9.32. The fraction of sp³-hybridized carbons (Fsp3) is 0.174. The van der Waals surface area contributed by atoms with Crippen molar-refractivity contribution in [3.63, 3.8) is 0 Å². The zero-order valence-electron chi connectivity index (χ0n) is 16.5. The van der Waals surface area contributed by atoms with Crippen LogP contribution in [0.4, 0.5) is 0 Å². The molecule has 29 heavy (non-hydrogen) atoms. The Bertz CT molecular complexity index is 1310. The lowest BCUT2D eigenvalue weighted by molar-refractivity contribution is -0.125. The molecule has 6 heteroatoms. The Morgan fingerprint density at radius 3 is 2.83 bits per heavy atom.